The van der Waals surface area contributed by atoms with Gasteiger partial charge in [0.15, 0.2) is 0 Å². The number of ether oxygens (including phenoxy) is 1. The SMILES string of the molecule is C=C(/C=C\C(=C(C)C)N(c1ccc(/C=C/C=C/c2ccccc2)cc1)c1ccc(/C=C/C=C/c2ccccc2)cc1)OCC. The van der Waals surface area contributed by atoms with Gasteiger partial charge in [-0.3, -0.25) is 0 Å². The molecule has 0 unspecified atom stereocenters. The Morgan fingerprint density at radius 3 is 1.32 bits per heavy atom. The van der Waals surface area contributed by atoms with Gasteiger partial charge in [0, 0.05) is 17.1 Å². The van der Waals surface area contributed by atoms with E-state index in [4.69, 9.17) is 4.74 Å². The van der Waals surface area contributed by atoms with Crippen LogP contribution in [0.25, 0.3) is 24.3 Å². The van der Waals surface area contributed by atoms with Gasteiger partial charge in [0.05, 0.1) is 6.61 Å². The molecule has 0 aliphatic heterocycles. The zero-order chi connectivity index (χ0) is 31.0. The lowest BCUT2D eigenvalue weighted by atomic mass is 10.1. The van der Waals surface area contributed by atoms with E-state index < -0.39 is 0 Å². The molecular weight excluding hydrogens is 534 g/mol. The Bertz CT molecular complexity index is 1540. The summed E-state index contributed by atoms with van der Waals surface area (Å²) in [7, 11) is 0. The maximum atomic E-state index is 5.60. The average Bonchev–Trinajstić information content (AvgIpc) is 3.05. The minimum Gasteiger partial charge on any atom is -0.495 e. The molecule has 0 spiro atoms. The van der Waals surface area contributed by atoms with Crippen LogP contribution in [-0.2, 0) is 4.74 Å². The molecule has 0 atom stereocenters. The fourth-order valence-electron chi connectivity index (χ4n) is 4.56. The molecule has 2 nitrogen and oxygen atoms in total. The van der Waals surface area contributed by atoms with Crippen molar-refractivity contribution in [3.05, 3.63) is 192 Å². The van der Waals surface area contributed by atoms with Gasteiger partial charge in [-0.05, 0) is 79.4 Å². The molecule has 4 aromatic rings. The molecule has 220 valence electrons. The van der Waals surface area contributed by atoms with E-state index in [1.165, 1.54) is 16.7 Å². The molecule has 0 aliphatic carbocycles. The lowest BCUT2D eigenvalue weighted by molar-refractivity contribution is 0.244. The quantitative estimate of drug-likeness (QED) is 0.116. The molecular formula is C42H41NO. The summed E-state index contributed by atoms with van der Waals surface area (Å²) in [4.78, 5) is 2.27. The molecule has 0 bridgehead atoms. The first-order valence-electron chi connectivity index (χ1n) is 15.0. The van der Waals surface area contributed by atoms with E-state index in [-0.39, 0.29) is 0 Å². The number of hydrogen-bond donors (Lipinski definition) is 0. The number of hydrogen-bond acceptors (Lipinski definition) is 2. The van der Waals surface area contributed by atoms with Gasteiger partial charge < -0.3 is 9.64 Å². The molecule has 0 aliphatic rings. The predicted molar refractivity (Wildman–Crippen MR) is 192 cm³/mol. The summed E-state index contributed by atoms with van der Waals surface area (Å²) in [5.41, 5.74) is 9.01. The first-order valence-corrected chi connectivity index (χ1v) is 15.0. The van der Waals surface area contributed by atoms with E-state index in [1.807, 2.05) is 49.4 Å². The van der Waals surface area contributed by atoms with E-state index >= 15 is 0 Å². The Hall–Kier alpha value is -5.34. The summed E-state index contributed by atoms with van der Waals surface area (Å²) in [6.45, 7) is 10.8. The Labute approximate surface area is 263 Å². The van der Waals surface area contributed by atoms with Crippen molar-refractivity contribution in [2.24, 2.45) is 0 Å². The van der Waals surface area contributed by atoms with E-state index in [0.29, 0.717) is 12.4 Å². The average molecular weight is 576 g/mol. The van der Waals surface area contributed by atoms with Crippen molar-refractivity contribution >= 4 is 35.7 Å². The van der Waals surface area contributed by atoms with Crippen molar-refractivity contribution in [1.29, 1.82) is 0 Å². The summed E-state index contributed by atoms with van der Waals surface area (Å²) < 4.78 is 5.60. The topological polar surface area (TPSA) is 12.5 Å². The lowest BCUT2D eigenvalue weighted by Crippen LogP contribution is -2.16. The monoisotopic (exact) mass is 575 g/mol. The molecule has 44 heavy (non-hydrogen) atoms. The van der Waals surface area contributed by atoms with Crippen molar-refractivity contribution in [1.82, 2.24) is 0 Å². The molecule has 4 aromatic carbocycles. The molecule has 0 aromatic heterocycles. The Morgan fingerprint density at radius 1 is 0.568 bits per heavy atom. The smallest absolute Gasteiger partial charge is 0.112 e. The van der Waals surface area contributed by atoms with Crippen molar-refractivity contribution in [2.75, 3.05) is 11.5 Å². The van der Waals surface area contributed by atoms with Crippen LogP contribution in [0.15, 0.2) is 169 Å². The van der Waals surface area contributed by atoms with Crippen LogP contribution in [0, 0.1) is 0 Å². The summed E-state index contributed by atoms with van der Waals surface area (Å²) in [5, 5.41) is 0. The van der Waals surface area contributed by atoms with E-state index in [9.17, 15) is 0 Å². The molecule has 0 saturated carbocycles. The maximum absolute atomic E-state index is 5.60. The lowest BCUT2D eigenvalue weighted by Gasteiger charge is -2.28. The Balaban J connectivity index is 1.58. The largest absolute Gasteiger partial charge is 0.495 e. The van der Waals surface area contributed by atoms with Gasteiger partial charge in [0.1, 0.15) is 5.76 Å². The second-order valence-electron chi connectivity index (χ2n) is 10.4. The normalized spacial score (nSPS) is 11.7. The van der Waals surface area contributed by atoms with Crippen LogP contribution in [0.4, 0.5) is 11.4 Å². The summed E-state index contributed by atoms with van der Waals surface area (Å²) in [5.74, 6) is 0.638. The van der Waals surface area contributed by atoms with E-state index in [0.717, 1.165) is 28.2 Å². The van der Waals surface area contributed by atoms with Crippen LogP contribution >= 0.6 is 0 Å². The fraction of sp³-hybridized carbons (Fsp3) is 0.0952. The highest BCUT2D eigenvalue weighted by Gasteiger charge is 2.14. The number of rotatable bonds is 13. The molecule has 2 heteroatoms. The van der Waals surface area contributed by atoms with Gasteiger partial charge >= 0.3 is 0 Å². The zero-order valence-electron chi connectivity index (χ0n) is 25.9. The van der Waals surface area contributed by atoms with Crippen LogP contribution in [-0.4, -0.2) is 6.61 Å². The van der Waals surface area contributed by atoms with Crippen LogP contribution in [0.5, 0.6) is 0 Å². The molecule has 0 saturated heterocycles. The molecule has 0 heterocycles. The van der Waals surface area contributed by atoms with Gasteiger partial charge in [-0.25, -0.2) is 0 Å². The fourth-order valence-corrected chi connectivity index (χ4v) is 4.56. The molecule has 4 rings (SSSR count). The molecule has 0 amide bonds. The second-order valence-corrected chi connectivity index (χ2v) is 10.4. The van der Waals surface area contributed by atoms with Gasteiger partial charge in [0.2, 0.25) is 0 Å². The van der Waals surface area contributed by atoms with Crippen LogP contribution in [0.3, 0.4) is 0 Å². The summed E-state index contributed by atoms with van der Waals surface area (Å²) >= 11 is 0. The van der Waals surface area contributed by atoms with Gasteiger partial charge in [-0.1, -0.05) is 146 Å². The van der Waals surface area contributed by atoms with Gasteiger partial charge in [-0.2, -0.15) is 0 Å². The van der Waals surface area contributed by atoms with Crippen LogP contribution in [0.2, 0.25) is 0 Å². The van der Waals surface area contributed by atoms with Crippen molar-refractivity contribution in [3.63, 3.8) is 0 Å². The highest BCUT2D eigenvalue weighted by Crippen LogP contribution is 2.33. The zero-order valence-corrected chi connectivity index (χ0v) is 25.9. The first kappa shape index (κ1) is 31.6. The molecule has 0 fully saturated rings. The Morgan fingerprint density at radius 2 is 0.955 bits per heavy atom. The van der Waals surface area contributed by atoms with E-state index in [1.54, 1.807) is 0 Å². The van der Waals surface area contributed by atoms with Gasteiger partial charge in [0.25, 0.3) is 0 Å². The summed E-state index contributed by atoms with van der Waals surface area (Å²) in [6, 6.07) is 37.9. The third kappa shape index (κ3) is 9.89. The summed E-state index contributed by atoms with van der Waals surface area (Å²) in [6.07, 6.45) is 20.8. The predicted octanol–water partition coefficient (Wildman–Crippen LogP) is 11.7. The van der Waals surface area contributed by atoms with Crippen LogP contribution in [0.1, 0.15) is 43.0 Å². The van der Waals surface area contributed by atoms with Crippen molar-refractivity contribution in [3.8, 4) is 0 Å². The highest BCUT2D eigenvalue weighted by atomic mass is 16.5. The first-order chi connectivity index (χ1) is 21.5. The molecule has 0 radical (unpaired) electrons. The number of anilines is 2. The standard InChI is InChI=1S/C42H41NO/c1-5-44-35(4)24-33-42(34(2)3)43(40-29-25-38(26-30-40)22-14-12-20-36-16-8-6-9-17-36)41-31-27-39(28-32-41)23-15-13-21-37-18-10-7-11-19-37/h6-33H,4-5H2,1-3H3/b20-12+,21-13+,22-14+,23-15+,33-24-. The van der Waals surface area contributed by atoms with Crippen molar-refractivity contribution in [2.45, 2.75) is 20.8 Å². The third-order valence-corrected chi connectivity index (χ3v) is 6.79. The van der Waals surface area contributed by atoms with Crippen LogP contribution < -0.4 is 4.90 Å². The third-order valence-electron chi connectivity index (χ3n) is 6.79. The van der Waals surface area contributed by atoms with Gasteiger partial charge in [-0.15, -0.1) is 0 Å². The maximum Gasteiger partial charge on any atom is 0.112 e. The Kier molecular flexibility index (Phi) is 12.2. The van der Waals surface area contributed by atoms with Crippen molar-refractivity contribution < 1.29 is 4.74 Å². The van der Waals surface area contributed by atoms with E-state index in [2.05, 4.69) is 153 Å². The second kappa shape index (κ2) is 16.9. The minimum absolute atomic E-state index is 0.585. The number of nitrogens with zero attached hydrogens (tertiary/aromatic N) is 1. The highest BCUT2D eigenvalue weighted by molar-refractivity contribution is 5.73. The molecule has 0 N–H and O–H groups in total. The number of benzene rings is 4. The number of allylic oxidation sites excluding steroid dienone is 7. The minimum atomic E-state index is 0.585.